The Bertz CT molecular complexity index is 1310. The van der Waals surface area contributed by atoms with Gasteiger partial charge in [-0.1, -0.05) is 23.8 Å². The fourth-order valence-electron chi connectivity index (χ4n) is 3.52. The van der Waals surface area contributed by atoms with E-state index in [0.29, 0.717) is 22.7 Å². The molecular weight excluding hydrogens is 514 g/mol. The van der Waals surface area contributed by atoms with Crippen molar-refractivity contribution in [2.75, 3.05) is 20.8 Å². The number of aromatic nitrogens is 1. The Morgan fingerprint density at radius 1 is 1.06 bits per heavy atom. The first-order valence-electron chi connectivity index (χ1n) is 11.0. The molecule has 0 aliphatic carbocycles. The second kappa shape index (κ2) is 11.4. The molecule has 35 heavy (non-hydrogen) atoms. The molecule has 2 aromatic carbocycles. The van der Waals surface area contributed by atoms with E-state index in [-0.39, 0.29) is 18.3 Å². The molecule has 0 saturated carbocycles. The van der Waals surface area contributed by atoms with Crippen LogP contribution in [0.4, 0.5) is 0 Å². The Balaban J connectivity index is 1.46. The normalized spacial score (nSPS) is 11.9. The lowest BCUT2D eigenvalue weighted by Crippen LogP contribution is -2.31. The Labute approximate surface area is 211 Å². The van der Waals surface area contributed by atoms with Crippen LogP contribution < -0.4 is 20.3 Å². The smallest absolute Gasteiger partial charge is 0.293 e. The van der Waals surface area contributed by atoms with Gasteiger partial charge in [-0.05, 0) is 70.9 Å². The predicted octanol–water partition coefficient (Wildman–Crippen LogP) is 5.11. The summed E-state index contributed by atoms with van der Waals surface area (Å²) in [6.45, 7) is 2.73. The van der Waals surface area contributed by atoms with Crippen LogP contribution in [0.5, 0.6) is 11.6 Å². The third-order valence-corrected chi connectivity index (χ3v) is 6.00. The van der Waals surface area contributed by atoms with Gasteiger partial charge in [0.25, 0.3) is 5.91 Å². The van der Waals surface area contributed by atoms with Gasteiger partial charge in [-0.25, -0.2) is 10.5 Å². The van der Waals surface area contributed by atoms with Crippen molar-refractivity contribution in [3.63, 3.8) is 0 Å². The van der Waals surface area contributed by atoms with Crippen LogP contribution in [0, 0.1) is 6.92 Å². The Hall–Kier alpha value is -3.40. The van der Waals surface area contributed by atoms with Gasteiger partial charge in [-0.15, -0.1) is 0 Å². The highest BCUT2D eigenvalue weighted by Gasteiger charge is 2.19. The van der Waals surface area contributed by atoms with E-state index in [2.05, 4.69) is 37.8 Å². The fourth-order valence-corrected chi connectivity index (χ4v) is 3.90. The summed E-state index contributed by atoms with van der Waals surface area (Å²) < 4.78 is 17.1. The van der Waals surface area contributed by atoms with E-state index in [0.717, 1.165) is 27.8 Å². The van der Waals surface area contributed by atoms with E-state index >= 15 is 0 Å². The molecule has 2 N–H and O–H groups in total. The first-order valence-corrected chi connectivity index (χ1v) is 11.7. The SMILES string of the molecule is COc1ccc(CNC(CONC(=O)c2ccc(Br)c(OC)n2)c2cc3cc(C)ccc3o2)cc1. The van der Waals surface area contributed by atoms with Crippen LogP contribution in [-0.2, 0) is 11.4 Å². The number of amides is 1. The summed E-state index contributed by atoms with van der Waals surface area (Å²) in [4.78, 5) is 22.3. The molecule has 182 valence electrons. The average Bonchev–Trinajstić information content (AvgIpc) is 3.29. The van der Waals surface area contributed by atoms with Crippen molar-refractivity contribution in [2.24, 2.45) is 0 Å². The number of methoxy groups -OCH3 is 2. The summed E-state index contributed by atoms with van der Waals surface area (Å²) in [5.74, 6) is 1.33. The maximum Gasteiger partial charge on any atom is 0.293 e. The number of hydrogen-bond donors (Lipinski definition) is 2. The zero-order valence-corrected chi connectivity index (χ0v) is 21.2. The van der Waals surface area contributed by atoms with Crippen LogP contribution in [0.3, 0.4) is 0 Å². The minimum atomic E-state index is -0.482. The number of rotatable bonds is 10. The molecule has 0 fully saturated rings. The number of halogens is 1. The zero-order valence-electron chi connectivity index (χ0n) is 19.6. The van der Waals surface area contributed by atoms with Gasteiger partial charge in [0.2, 0.25) is 5.88 Å². The number of nitrogens with one attached hydrogen (secondary N) is 2. The van der Waals surface area contributed by atoms with Crippen LogP contribution in [0.15, 0.2) is 69.6 Å². The average molecular weight is 540 g/mol. The number of hydrogen-bond acceptors (Lipinski definition) is 7. The number of hydroxylamine groups is 1. The van der Waals surface area contributed by atoms with Gasteiger partial charge in [-0.2, -0.15) is 0 Å². The molecule has 4 aromatic rings. The van der Waals surface area contributed by atoms with Gasteiger partial charge in [0, 0.05) is 11.9 Å². The second-order valence-electron chi connectivity index (χ2n) is 7.90. The summed E-state index contributed by atoms with van der Waals surface area (Å²) in [6, 6.07) is 18.7. The first kappa shape index (κ1) is 24.7. The molecule has 8 nitrogen and oxygen atoms in total. The highest BCUT2D eigenvalue weighted by molar-refractivity contribution is 9.10. The number of pyridine rings is 1. The molecule has 1 unspecified atom stereocenters. The van der Waals surface area contributed by atoms with E-state index in [1.54, 1.807) is 19.2 Å². The third kappa shape index (κ3) is 6.19. The summed E-state index contributed by atoms with van der Waals surface area (Å²) in [5, 5.41) is 4.46. The van der Waals surface area contributed by atoms with Crippen molar-refractivity contribution in [1.29, 1.82) is 0 Å². The molecule has 1 atom stereocenters. The van der Waals surface area contributed by atoms with Gasteiger partial charge < -0.3 is 19.2 Å². The maximum absolute atomic E-state index is 12.5. The number of fused-ring (bicyclic) bond motifs is 1. The molecule has 0 saturated heterocycles. The van der Waals surface area contributed by atoms with Crippen LogP contribution in [-0.4, -0.2) is 31.7 Å². The predicted molar refractivity (Wildman–Crippen MR) is 135 cm³/mol. The molecule has 0 radical (unpaired) electrons. The fraction of sp³-hybridized carbons (Fsp3) is 0.231. The lowest BCUT2D eigenvalue weighted by Gasteiger charge is -2.17. The van der Waals surface area contributed by atoms with E-state index in [1.807, 2.05) is 49.4 Å². The summed E-state index contributed by atoms with van der Waals surface area (Å²) in [5.41, 5.74) is 5.63. The topological polar surface area (TPSA) is 94.8 Å². The summed E-state index contributed by atoms with van der Waals surface area (Å²) in [6.07, 6.45) is 0. The first-order chi connectivity index (χ1) is 17.0. The molecule has 2 heterocycles. The number of benzene rings is 2. The number of furan rings is 1. The van der Waals surface area contributed by atoms with Gasteiger partial charge in [-0.3, -0.25) is 9.63 Å². The monoisotopic (exact) mass is 539 g/mol. The van der Waals surface area contributed by atoms with Crippen molar-refractivity contribution < 1.29 is 23.5 Å². The molecule has 0 bridgehead atoms. The van der Waals surface area contributed by atoms with E-state index in [4.69, 9.17) is 18.7 Å². The molecule has 4 rings (SSSR count). The number of ether oxygens (including phenoxy) is 2. The number of nitrogens with zero attached hydrogens (tertiary/aromatic N) is 1. The minimum absolute atomic E-state index is 0.133. The number of carbonyl (C=O) groups is 1. The quantitative estimate of drug-likeness (QED) is 0.270. The highest BCUT2D eigenvalue weighted by Crippen LogP contribution is 2.26. The van der Waals surface area contributed by atoms with E-state index < -0.39 is 5.91 Å². The van der Waals surface area contributed by atoms with Crippen LogP contribution in [0.25, 0.3) is 11.0 Å². The van der Waals surface area contributed by atoms with Crippen molar-refractivity contribution in [2.45, 2.75) is 19.5 Å². The van der Waals surface area contributed by atoms with Crippen LogP contribution in [0.1, 0.15) is 33.4 Å². The molecular formula is C26H26BrN3O5. The lowest BCUT2D eigenvalue weighted by atomic mass is 10.1. The van der Waals surface area contributed by atoms with Crippen molar-refractivity contribution >= 4 is 32.8 Å². The summed E-state index contributed by atoms with van der Waals surface area (Å²) >= 11 is 3.32. The maximum atomic E-state index is 12.5. The molecule has 0 spiro atoms. The van der Waals surface area contributed by atoms with E-state index in [9.17, 15) is 4.79 Å². The molecule has 2 aromatic heterocycles. The lowest BCUT2D eigenvalue weighted by molar-refractivity contribution is 0.0193. The standard InChI is InChI=1S/C26H26BrN3O5/c1-16-4-11-23-18(12-16)13-24(35-23)22(28-14-17-5-7-19(32-2)8-6-17)15-34-30-25(31)21-10-9-20(27)26(29-21)33-3/h4-13,22,28H,14-15H2,1-3H3,(H,30,31). The van der Waals surface area contributed by atoms with Gasteiger partial charge in [0.15, 0.2) is 0 Å². The third-order valence-electron chi connectivity index (χ3n) is 5.40. The Kier molecular flexibility index (Phi) is 8.02. The largest absolute Gasteiger partial charge is 0.497 e. The number of aryl methyl sites for hydroxylation is 1. The highest BCUT2D eigenvalue weighted by atomic mass is 79.9. The molecule has 1 amide bonds. The van der Waals surface area contributed by atoms with Crippen molar-refractivity contribution in [3.05, 3.63) is 87.7 Å². The van der Waals surface area contributed by atoms with Crippen LogP contribution >= 0.6 is 15.9 Å². The number of carbonyl (C=O) groups excluding carboxylic acids is 1. The second-order valence-corrected chi connectivity index (χ2v) is 8.76. The molecule has 0 aliphatic heterocycles. The van der Waals surface area contributed by atoms with Gasteiger partial charge in [0.1, 0.15) is 22.8 Å². The Morgan fingerprint density at radius 2 is 1.86 bits per heavy atom. The van der Waals surface area contributed by atoms with Gasteiger partial charge in [0.05, 0.1) is 31.3 Å². The van der Waals surface area contributed by atoms with Gasteiger partial charge >= 0.3 is 0 Å². The zero-order chi connectivity index (χ0) is 24.8. The van der Waals surface area contributed by atoms with Crippen molar-refractivity contribution in [3.8, 4) is 11.6 Å². The molecule has 9 heteroatoms. The Morgan fingerprint density at radius 3 is 2.60 bits per heavy atom. The van der Waals surface area contributed by atoms with Crippen molar-refractivity contribution in [1.82, 2.24) is 15.8 Å². The molecule has 0 aliphatic rings. The van der Waals surface area contributed by atoms with Crippen LogP contribution in [0.2, 0.25) is 0 Å². The minimum Gasteiger partial charge on any atom is -0.497 e. The van der Waals surface area contributed by atoms with E-state index in [1.165, 1.54) is 7.11 Å². The summed E-state index contributed by atoms with van der Waals surface area (Å²) in [7, 11) is 3.12.